The van der Waals surface area contributed by atoms with Crippen LogP contribution in [0, 0.1) is 0 Å². The van der Waals surface area contributed by atoms with Crippen molar-refractivity contribution in [2.24, 2.45) is 0 Å². The standard InChI is InChI=1S/C18H26N6O/c1-13(2)18-20-7-9-24(18)16-11-19-10-14(21-16)15-6-5-8-23(15)17(25)12-22(3)4/h7,9-11,13,15H,5-6,8,12H2,1-4H3/t15-/m1/s1. The first-order valence-corrected chi connectivity index (χ1v) is 8.77. The second kappa shape index (κ2) is 7.31. The summed E-state index contributed by atoms with van der Waals surface area (Å²) in [6.45, 7) is 5.41. The molecular formula is C18H26N6O. The van der Waals surface area contributed by atoms with Crippen molar-refractivity contribution in [3.8, 4) is 5.82 Å². The molecule has 0 aliphatic carbocycles. The number of hydrogen-bond acceptors (Lipinski definition) is 5. The SMILES string of the molecule is CC(C)c1nccn1-c1cncc([C@H]2CCCN2C(=O)CN(C)C)n1. The van der Waals surface area contributed by atoms with Crippen LogP contribution in [0.15, 0.2) is 24.8 Å². The predicted molar refractivity (Wildman–Crippen MR) is 95.5 cm³/mol. The Morgan fingerprint density at radius 1 is 1.36 bits per heavy atom. The molecule has 0 bridgehead atoms. The van der Waals surface area contributed by atoms with Crippen LogP contribution in [0.1, 0.15) is 50.2 Å². The average Bonchev–Trinajstić information content (AvgIpc) is 3.23. The van der Waals surface area contributed by atoms with Crippen LogP contribution in [-0.4, -0.2) is 62.4 Å². The summed E-state index contributed by atoms with van der Waals surface area (Å²) in [6, 6.07) is 0.00548. The Morgan fingerprint density at radius 2 is 2.16 bits per heavy atom. The van der Waals surface area contributed by atoms with E-state index in [2.05, 4.69) is 23.8 Å². The molecule has 0 radical (unpaired) electrons. The number of hydrogen-bond donors (Lipinski definition) is 0. The van der Waals surface area contributed by atoms with Crippen LogP contribution in [0.4, 0.5) is 0 Å². The molecule has 0 aromatic carbocycles. The van der Waals surface area contributed by atoms with Gasteiger partial charge in [-0.2, -0.15) is 0 Å². The molecule has 134 valence electrons. The maximum absolute atomic E-state index is 12.5. The third kappa shape index (κ3) is 3.71. The minimum atomic E-state index is 0.00548. The molecule has 7 heteroatoms. The average molecular weight is 342 g/mol. The highest BCUT2D eigenvalue weighted by atomic mass is 16.2. The van der Waals surface area contributed by atoms with E-state index in [4.69, 9.17) is 4.98 Å². The number of carbonyl (C=O) groups is 1. The summed E-state index contributed by atoms with van der Waals surface area (Å²) < 4.78 is 1.97. The van der Waals surface area contributed by atoms with Crippen LogP contribution in [0.2, 0.25) is 0 Å². The summed E-state index contributed by atoms with van der Waals surface area (Å²) in [5.41, 5.74) is 0.852. The second-order valence-corrected chi connectivity index (χ2v) is 7.10. The Kier molecular flexibility index (Phi) is 5.13. The van der Waals surface area contributed by atoms with E-state index in [-0.39, 0.29) is 11.9 Å². The first-order chi connectivity index (χ1) is 12.0. The number of amides is 1. The van der Waals surface area contributed by atoms with Gasteiger partial charge in [0.1, 0.15) is 5.82 Å². The third-order valence-corrected chi connectivity index (χ3v) is 4.44. The van der Waals surface area contributed by atoms with Crippen LogP contribution in [0.25, 0.3) is 5.82 Å². The Balaban J connectivity index is 1.88. The van der Waals surface area contributed by atoms with Crippen molar-refractivity contribution in [2.45, 2.75) is 38.6 Å². The molecule has 1 saturated heterocycles. The quantitative estimate of drug-likeness (QED) is 0.831. The Bertz CT molecular complexity index is 739. The molecule has 2 aromatic heterocycles. The summed E-state index contributed by atoms with van der Waals surface area (Å²) in [6.07, 6.45) is 9.15. The Hall–Kier alpha value is -2.28. The van der Waals surface area contributed by atoms with Gasteiger partial charge in [-0.15, -0.1) is 0 Å². The van der Waals surface area contributed by atoms with E-state index in [1.807, 2.05) is 34.7 Å². The summed E-state index contributed by atoms with van der Waals surface area (Å²) in [5.74, 6) is 2.15. The van der Waals surface area contributed by atoms with E-state index in [1.54, 1.807) is 18.6 Å². The van der Waals surface area contributed by atoms with Crippen LogP contribution in [-0.2, 0) is 4.79 Å². The molecule has 7 nitrogen and oxygen atoms in total. The Morgan fingerprint density at radius 3 is 2.88 bits per heavy atom. The zero-order valence-electron chi connectivity index (χ0n) is 15.4. The lowest BCUT2D eigenvalue weighted by Gasteiger charge is -2.25. The molecule has 2 aromatic rings. The van der Waals surface area contributed by atoms with Crippen molar-refractivity contribution in [1.82, 2.24) is 29.3 Å². The summed E-state index contributed by atoms with van der Waals surface area (Å²) in [7, 11) is 3.83. The first kappa shape index (κ1) is 17.5. The summed E-state index contributed by atoms with van der Waals surface area (Å²) >= 11 is 0. The van der Waals surface area contributed by atoms with Crippen LogP contribution in [0.3, 0.4) is 0 Å². The fraction of sp³-hybridized carbons (Fsp3) is 0.556. The summed E-state index contributed by atoms with van der Waals surface area (Å²) in [4.78, 5) is 30.0. The molecule has 1 aliphatic rings. The number of likely N-dealkylation sites (N-methyl/N-ethyl adjacent to an activating group) is 1. The zero-order chi connectivity index (χ0) is 18.0. The van der Waals surface area contributed by atoms with E-state index in [0.29, 0.717) is 12.5 Å². The lowest BCUT2D eigenvalue weighted by atomic mass is 10.1. The number of carbonyl (C=O) groups excluding carboxylic acids is 1. The number of nitrogens with zero attached hydrogens (tertiary/aromatic N) is 6. The molecule has 0 N–H and O–H groups in total. The van der Waals surface area contributed by atoms with Crippen LogP contribution < -0.4 is 0 Å². The maximum atomic E-state index is 12.5. The van der Waals surface area contributed by atoms with E-state index < -0.39 is 0 Å². The van der Waals surface area contributed by atoms with Crippen LogP contribution >= 0.6 is 0 Å². The van der Waals surface area contributed by atoms with E-state index in [1.165, 1.54) is 0 Å². The Labute approximate surface area is 148 Å². The van der Waals surface area contributed by atoms with Gasteiger partial charge in [0.2, 0.25) is 5.91 Å². The molecule has 0 saturated carbocycles. The summed E-state index contributed by atoms with van der Waals surface area (Å²) in [5, 5.41) is 0. The highest BCUT2D eigenvalue weighted by molar-refractivity contribution is 5.79. The smallest absolute Gasteiger partial charge is 0.237 e. The maximum Gasteiger partial charge on any atom is 0.237 e. The molecule has 1 fully saturated rings. The van der Waals surface area contributed by atoms with Gasteiger partial charge in [-0.1, -0.05) is 13.8 Å². The van der Waals surface area contributed by atoms with Gasteiger partial charge < -0.3 is 9.80 Å². The molecule has 25 heavy (non-hydrogen) atoms. The fourth-order valence-electron chi connectivity index (χ4n) is 3.32. The van der Waals surface area contributed by atoms with Crippen molar-refractivity contribution in [1.29, 1.82) is 0 Å². The van der Waals surface area contributed by atoms with Crippen molar-refractivity contribution < 1.29 is 4.79 Å². The topological polar surface area (TPSA) is 67.2 Å². The van der Waals surface area contributed by atoms with E-state index in [9.17, 15) is 4.79 Å². The third-order valence-electron chi connectivity index (χ3n) is 4.44. The van der Waals surface area contributed by atoms with Crippen molar-refractivity contribution in [3.63, 3.8) is 0 Å². The lowest BCUT2D eigenvalue weighted by molar-refractivity contribution is -0.132. The van der Waals surface area contributed by atoms with Crippen molar-refractivity contribution >= 4 is 5.91 Å². The van der Waals surface area contributed by atoms with E-state index >= 15 is 0 Å². The van der Waals surface area contributed by atoms with Gasteiger partial charge in [-0.05, 0) is 26.9 Å². The van der Waals surface area contributed by atoms with Crippen molar-refractivity contribution in [2.75, 3.05) is 27.2 Å². The monoisotopic (exact) mass is 342 g/mol. The number of imidazole rings is 1. The lowest BCUT2D eigenvalue weighted by Crippen LogP contribution is -2.37. The van der Waals surface area contributed by atoms with Gasteiger partial charge in [0, 0.05) is 24.9 Å². The fourth-order valence-corrected chi connectivity index (χ4v) is 3.32. The highest BCUT2D eigenvalue weighted by Crippen LogP contribution is 2.31. The van der Waals surface area contributed by atoms with Crippen molar-refractivity contribution in [3.05, 3.63) is 36.3 Å². The number of rotatable bonds is 5. The van der Waals surface area contributed by atoms with E-state index in [0.717, 1.165) is 36.7 Å². The predicted octanol–water partition coefficient (Wildman–Crippen LogP) is 2.01. The molecular weight excluding hydrogens is 316 g/mol. The van der Waals surface area contributed by atoms with Gasteiger partial charge in [0.05, 0.1) is 30.7 Å². The highest BCUT2D eigenvalue weighted by Gasteiger charge is 2.31. The number of aromatic nitrogens is 4. The molecule has 1 aliphatic heterocycles. The molecule has 3 heterocycles. The molecule has 0 unspecified atom stereocenters. The minimum absolute atomic E-state index is 0.00548. The normalized spacial score (nSPS) is 17.7. The zero-order valence-corrected chi connectivity index (χ0v) is 15.4. The molecule has 1 atom stereocenters. The van der Waals surface area contributed by atoms with Crippen LogP contribution in [0.5, 0.6) is 0 Å². The van der Waals surface area contributed by atoms with Gasteiger partial charge in [-0.3, -0.25) is 14.3 Å². The van der Waals surface area contributed by atoms with Gasteiger partial charge in [-0.25, -0.2) is 9.97 Å². The molecule has 1 amide bonds. The van der Waals surface area contributed by atoms with Gasteiger partial charge in [0.15, 0.2) is 5.82 Å². The van der Waals surface area contributed by atoms with Gasteiger partial charge in [0.25, 0.3) is 0 Å². The largest absolute Gasteiger partial charge is 0.333 e. The first-order valence-electron chi connectivity index (χ1n) is 8.77. The molecule has 0 spiro atoms. The number of likely N-dealkylation sites (tertiary alicyclic amines) is 1. The molecule has 3 rings (SSSR count). The minimum Gasteiger partial charge on any atom is -0.333 e. The second-order valence-electron chi connectivity index (χ2n) is 7.10. The van der Waals surface area contributed by atoms with Gasteiger partial charge >= 0.3 is 0 Å².